The number of hydrogen-bond donors (Lipinski definition) is 0. The van der Waals surface area contributed by atoms with E-state index in [-0.39, 0.29) is 12.0 Å². The molecule has 7 aromatic rings. The van der Waals surface area contributed by atoms with Crippen LogP contribution in [0.2, 0.25) is 0 Å². The van der Waals surface area contributed by atoms with Crippen molar-refractivity contribution >= 4 is 39.5 Å². The minimum absolute atomic E-state index is 0.222. The third-order valence-corrected chi connectivity index (χ3v) is 13.0. The number of rotatable bonds is 4. The predicted molar refractivity (Wildman–Crippen MR) is 239 cm³/mol. The molecule has 2 heteroatoms. The number of nitrogens with zero attached hydrogens (tertiary/aromatic N) is 2. The van der Waals surface area contributed by atoms with Crippen molar-refractivity contribution in [3.05, 3.63) is 228 Å². The van der Waals surface area contributed by atoms with Crippen molar-refractivity contribution in [2.75, 3.05) is 4.90 Å². The molecule has 57 heavy (non-hydrogen) atoms. The van der Waals surface area contributed by atoms with Crippen LogP contribution in [0.25, 0.3) is 56.1 Å². The van der Waals surface area contributed by atoms with Gasteiger partial charge in [0, 0.05) is 52.0 Å². The van der Waals surface area contributed by atoms with Crippen molar-refractivity contribution in [1.29, 1.82) is 0 Å². The van der Waals surface area contributed by atoms with Gasteiger partial charge in [-0.2, -0.15) is 0 Å². The lowest BCUT2D eigenvalue weighted by Gasteiger charge is -2.34. The standard InChI is InChI=1S/C55H40N2/c1-3-15-40(16-4-1)56-52-24-6-2-5-22-47(52)50-34-38(27-30-54(50)56)39-28-31-55-51(35-39)48-23-11-12-25-53(48)57(55)41-17-13-14-36(32-41)37-26-29-46-44-20-8-7-18-42(44)43-19-9-10-21-45(43)49(46)33-37/h1-23,25-32,34-35,48-49,53H,24,33H2. The molecule has 270 valence electrons. The number of anilines is 2. The molecular weight excluding hydrogens is 689 g/mol. The lowest BCUT2D eigenvalue weighted by atomic mass is 9.70. The lowest BCUT2D eigenvalue weighted by Crippen LogP contribution is -2.28. The fourth-order valence-corrected chi connectivity index (χ4v) is 10.4. The van der Waals surface area contributed by atoms with Crippen molar-refractivity contribution in [3.63, 3.8) is 0 Å². The van der Waals surface area contributed by atoms with Crippen molar-refractivity contribution in [3.8, 4) is 27.9 Å². The minimum Gasteiger partial charge on any atom is -0.333 e. The molecule has 6 aromatic carbocycles. The van der Waals surface area contributed by atoms with Gasteiger partial charge in [0.1, 0.15) is 0 Å². The van der Waals surface area contributed by atoms with Gasteiger partial charge in [0.15, 0.2) is 0 Å². The lowest BCUT2D eigenvalue weighted by molar-refractivity contribution is 0.744. The minimum atomic E-state index is 0.222. The van der Waals surface area contributed by atoms with Crippen LogP contribution in [-0.2, 0) is 6.42 Å². The summed E-state index contributed by atoms with van der Waals surface area (Å²) in [6, 6.07) is 52.4. The quantitative estimate of drug-likeness (QED) is 0.175. The zero-order chi connectivity index (χ0) is 37.5. The first-order valence-electron chi connectivity index (χ1n) is 20.3. The molecular formula is C55H40N2. The largest absolute Gasteiger partial charge is 0.333 e. The molecule has 1 aromatic heterocycles. The highest BCUT2D eigenvalue weighted by molar-refractivity contribution is 5.97. The fraction of sp³-hybridized carbons (Fsp3) is 0.0909. The van der Waals surface area contributed by atoms with E-state index in [2.05, 4.69) is 210 Å². The Balaban J connectivity index is 0.922. The summed E-state index contributed by atoms with van der Waals surface area (Å²) in [4.78, 5) is 2.57. The summed E-state index contributed by atoms with van der Waals surface area (Å²) in [6.07, 6.45) is 24.8. The van der Waals surface area contributed by atoms with Crippen LogP contribution < -0.4 is 4.90 Å². The Bertz CT molecular complexity index is 2980. The van der Waals surface area contributed by atoms with Crippen molar-refractivity contribution in [2.24, 2.45) is 0 Å². The molecule has 3 unspecified atom stereocenters. The van der Waals surface area contributed by atoms with Gasteiger partial charge in [0.2, 0.25) is 0 Å². The average Bonchev–Trinajstić information content (AvgIpc) is 3.65. The van der Waals surface area contributed by atoms with E-state index in [4.69, 9.17) is 0 Å². The number of hydrogen-bond acceptors (Lipinski definition) is 1. The van der Waals surface area contributed by atoms with Crippen LogP contribution in [-0.4, -0.2) is 10.6 Å². The van der Waals surface area contributed by atoms with Crippen LogP contribution in [0.15, 0.2) is 194 Å². The molecule has 0 saturated heterocycles. The van der Waals surface area contributed by atoms with Crippen LogP contribution in [0.1, 0.15) is 51.8 Å². The molecule has 5 aliphatic rings. The molecule has 1 aliphatic heterocycles. The molecule has 3 atom stereocenters. The first kappa shape index (κ1) is 32.4. The van der Waals surface area contributed by atoms with Gasteiger partial charge in [-0.05, 0) is 111 Å². The second kappa shape index (κ2) is 12.8. The molecule has 2 nitrogen and oxygen atoms in total. The topological polar surface area (TPSA) is 8.17 Å². The van der Waals surface area contributed by atoms with Gasteiger partial charge in [-0.3, -0.25) is 0 Å². The van der Waals surface area contributed by atoms with Gasteiger partial charge in [-0.25, -0.2) is 0 Å². The van der Waals surface area contributed by atoms with E-state index in [0.717, 1.165) is 12.8 Å². The molecule has 0 spiro atoms. The maximum Gasteiger partial charge on any atom is 0.0629 e. The first-order chi connectivity index (χ1) is 28.3. The summed E-state index contributed by atoms with van der Waals surface area (Å²) in [7, 11) is 0. The Morgan fingerprint density at radius 3 is 2.26 bits per heavy atom. The first-order valence-corrected chi connectivity index (χ1v) is 20.3. The van der Waals surface area contributed by atoms with Gasteiger partial charge in [0.25, 0.3) is 0 Å². The molecule has 12 rings (SSSR count). The summed E-state index contributed by atoms with van der Waals surface area (Å²) in [5.74, 6) is 0.625. The molecule has 0 fully saturated rings. The van der Waals surface area contributed by atoms with Crippen molar-refractivity contribution in [1.82, 2.24) is 4.57 Å². The molecule has 0 bridgehead atoms. The monoisotopic (exact) mass is 728 g/mol. The zero-order valence-electron chi connectivity index (χ0n) is 31.6. The van der Waals surface area contributed by atoms with Crippen LogP contribution in [0.5, 0.6) is 0 Å². The summed E-state index contributed by atoms with van der Waals surface area (Å²) in [5.41, 5.74) is 21.2. The van der Waals surface area contributed by atoms with Gasteiger partial charge < -0.3 is 9.47 Å². The van der Waals surface area contributed by atoms with E-state index in [9.17, 15) is 0 Å². The zero-order valence-corrected chi connectivity index (χ0v) is 31.6. The maximum atomic E-state index is 2.57. The summed E-state index contributed by atoms with van der Waals surface area (Å²) < 4.78 is 2.44. The van der Waals surface area contributed by atoms with E-state index in [1.54, 1.807) is 0 Å². The summed E-state index contributed by atoms with van der Waals surface area (Å²) in [5, 5.41) is 1.29. The SMILES string of the molecule is C1=CCc2c(c3cc(-c4ccc5c(c4)C4C=CC=CC4N5c4cccc(C5=CC=C6c7ccccc7-c7ccccc7C6C5)c4)ccc3n2-c2ccccc2)C=C1. The predicted octanol–water partition coefficient (Wildman–Crippen LogP) is 13.8. The molecule has 0 radical (unpaired) electrons. The highest BCUT2D eigenvalue weighted by atomic mass is 15.2. The summed E-state index contributed by atoms with van der Waals surface area (Å²) in [6.45, 7) is 0. The Kier molecular flexibility index (Phi) is 7.28. The fourth-order valence-electron chi connectivity index (χ4n) is 10.4. The number of aromatic nitrogens is 1. The Labute approximate surface area is 334 Å². The highest BCUT2D eigenvalue weighted by Crippen LogP contribution is 2.53. The van der Waals surface area contributed by atoms with Crippen molar-refractivity contribution in [2.45, 2.75) is 30.7 Å². The normalized spacial score (nSPS) is 19.5. The molecule has 0 amide bonds. The van der Waals surface area contributed by atoms with Crippen LogP contribution >= 0.6 is 0 Å². The second-order valence-corrected chi connectivity index (χ2v) is 15.9. The van der Waals surface area contributed by atoms with E-state index < -0.39 is 0 Å². The Morgan fingerprint density at radius 1 is 0.544 bits per heavy atom. The molecule has 0 saturated carbocycles. The van der Waals surface area contributed by atoms with Gasteiger partial charge in [0.05, 0.1) is 11.6 Å². The van der Waals surface area contributed by atoms with Crippen LogP contribution in [0.4, 0.5) is 11.4 Å². The molecule has 0 N–H and O–H groups in total. The number of benzene rings is 6. The Hall–Kier alpha value is -6.90. The van der Waals surface area contributed by atoms with E-state index in [1.165, 1.54) is 94.9 Å². The number of allylic oxidation sites excluding steroid dienone is 9. The summed E-state index contributed by atoms with van der Waals surface area (Å²) >= 11 is 0. The third-order valence-electron chi connectivity index (χ3n) is 13.0. The number of para-hydroxylation sites is 1. The van der Waals surface area contributed by atoms with Gasteiger partial charge >= 0.3 is 0 Å². The van der Waals surface area contributed by atoms with E-state index >= 15 is 0 Å². The smallest absolute Gasteiger partial charge is 0.0629 e. The van der Waals surface area contributed by atoms with Crippen molar-refractivity contribution < 1.29 is 0 Å². The van der Waals surface area contributed by atoms with Gasteiger partial charge in [-0.1, -0.05) is 152 Å². The van der Waals surface area contributed by atoms with Gasteiger partial charge in [-0.15, -0.1) is 0 Å². The van der Waals surface area contributed by atoms with Crippen LogP contribution in [0, 0.1) is 0 Å². The van der Waals surface area contributed by atoms with Crippen LogP contribution in [0.3, 0.4) is 0 Å². The number of fused-ring (bicyclic) bond motifs is 12. The highest BCUT2D eigenvalue weighted by Gasteiger charge is 2.38. The van der Waals surface area contributed by atoms with E-state index in [1.807, 2.05) is 0 Å². The maximum absolute atomic E-state index is 2.57. The van der Waals surface area contributed by atoms with E-state index in [0.29, 0.717) is 5.92 Å². The third kappa shape index (κ3) is 5.03. The average molecular weight is 729 g/mol. The molecule has 4 aliphatic carbocycles. The second-order valence-electron chi connectivity index (χ2n) is 15.9. The Morgan fingerprint density at radius 2 is 1.33 bits per heavy atom. The molecule has 2 heterocycles.